The fourth-order valence-corrected chi connectivity index (χ4v) is 5.07. The highest BCUT2D eigenvalue weighted by molar-refractivity contribution is 6.09. The smallest absolute Gasteiger partial charge is 0.259 e. The maximum absolute atomic E-state index is 14.4. The molecule has 3 fully saturated rings. The molecule has 9 nitrogen and oxygen atoms in total. The van der Waals surface area contributed by atoms with Crippen molar-refractivity contribution in [3.63, 3.8) is 0 Å². The predicted molar refractivity (Wildman–Crippen MR) is 117 cm³/mol. The van der Waals surface area contributed by atoms with E-state index in [9.17, 15) is 9.18 Å². The van der Waals surface area contributed by atoms with Crippen LogP contribution >= 0.6 is 0 Å². The third kappa shape index (κ3) is 3.08. The summed E-state index contributed by atoms with van der Waals surface area (Å²) in [4.78, 5) is 22.4. The van der Waals surface area contributed by atoms with Crippen LogP contribution < -0.4 is 10.1 Å². The Morgan fingerprint density at radius 3 is 2.85 bits per heavy atom. The highest BCUT2D eigenvalue weighted by atomic mass is 19.1. The highest BCUT2D eigenvalue weighted by Gasteiger charge is 2.61. The first-order chi connectivity index (χ1) is 15.8. The number of nitrogens with zero attached hydrogens (tertiary/aromatic N) is 5. The molecule has 1 saturated carbocycles. The van der Waals surface area contributed by atoms with Gasteiger partial charge in [-0.05, 0) is 45.7 Å². The molecule has 0 atom stereocenters. The summed E-state index contributed by atoms with van der Waals surface area (Å²) in [5.41, 5.74) is 1.37. The molecule has 1 aliphatic carbocycles. The summed E-state index contributed by atoms with van der Waals surface area (Å²) in [7, 11) is 0. The van der Waals surface area contributed by atoms with Crippen molar-refractivity contribution >= 4 is 22.9 Å². The van der Waals surface area contributed by atoms with Crippen LogP contribution in [0.3, 0.4) is 0 Å². The standard InChI is InChI=1S/C23H23FN6O3/c1-13(2)33-20-16(26-19(31)14-7-25-30-6-4-5-15(24)18(14)30)8-29-9-17(27-21(29)28-20)23-10-22(3,11-23)32-12-23/h4-9,13H,10-12H2,1-3H3,(H,26,31). The van der Waals surface area contributed by atoms with Crippen molar-refractivity contribution < 1.29 is 18.7 Å². The Balaban J connectivity index is 1.38. The molecular weight excluding hydrogens is 427 g/mol. The number of nitrogens with one attached hydrogen (secondary N) is 1. The van der Waals surface area contributed by atoms with Gasteiger partial charge >= 0.3 is 0 Å². The average Bonchev–Trinajstić information content (AvgIpc) is 3.48. The van der Waals surface area contributed by atoms with Gasteiger partial charge in [0.1, 0.15) is 17.0 Å². The van der Waals surface area contributed by atoms with E-state index in [1.807, 2.05) is 20.0 Å². The van der Waals surface area contributed by atoms with Crippen LogP contribution in [0.15, 0.2) is 36.9 Å². The monoisotopic (exact) mass is 450 g/mol. The molecule has 2 bridgehead atoms. The summed E-state index contributed by atoms with van der Waals surface area (Å²) in [6.45, 7) is 6.52. The molecule has 1 N–H and O–H groups in total. The molecule has 6 heterocycles. The predicted octanol–water partition coefficient (Wildman–Crippen LogP) is 3.38. The molecule has 4 aromatic heterocycles. The Labute approximate surface area is 188 Å². The van der Waals surface area contributed by atoms with Crippen molar-refractivity contribution in [2.24, 2.45) is 0 Å². The Morgan fingerprint density at radius 2 is 2.12 bits per heavy atom. The third-order valence-corrected chi connectivity index (χ3v) is 6.41. The largest absolute Gasteiger partial charge is 0.473 e. The molecule has 0 spiro atoms. The van der Waals surface area contributed by atoms with Gasteiger partial charge in [0.15, 0.2) is 0 Å². The Bertz CT molecular complexity index is 1420. The minimum atomic E-state index is -0.530. The van der Waals surface area contributed by atoms with Gasteiger partial charge in [0.05, 0.1) is 35.8 Å². The first-order valence-electron chi connectivity index (χ1n) is 10.9. The topological polar surface area (TPSA) is 95.0 Å². The minimum absolute atomic E-state index is 0.0576. The lowest BCUT2D eigenvalue weighted by molar-refractivity contribution is 0.0154. The summed E-state index contributed by atoms with van der Waals surface area (Å²) in [5.74, 6) is -0.311. The van der Waals surface area contributed by atoms with Gasteiger partial charge in [-0.1, -0.05) is 0 Å². The summed E-state index contributed by atoms with van der Waals surface area (Å²) in [6.07, 6.45) is 8.27. The second kappa shape index (κ2) is 6.74. The summed E-state index contributed by atoms with van der Waals surface area (Å²) >= 11 is 0. The van der Waals surface area contributed by atoms with Crippen molar-refractivity contribution in [3.05, 3.63) is 54.0 Å². The molecule has 0 unspecified atom stereocenters. The van der Waals surface area contributed by atoms with E-state index in [2.05, 4.69) is 22.3 Å². The third-order valence-electron chi connectivity index (χ3n) is 6.41. The SMILES string of the molecule is CC(C)Oc1nc2nc(C34COC(C)(C3)C4)cn2cc1NC(=O)c1cnn2cccc(F)c12. The lowest BCUT2D eigenvalue weighted by atomic mass is 9.62. The highest BCUT2D eigenvalue weighted by Crippen LogP contribution is 2.58. The van der Waals surface area contributed by atoms with Crippen molar-refractivity contribution in [3.8, 4) is 5.88 Å². The van der Waals surface area contributed by atoms with Crippen LogP contribution in [-0.4, -0.2) is 48.2 Å². The van der Waals surface area contributed by atoms with E-state index in [1.54, 1.807) is 16.8 Å². The van der Waals surface area contributed by atoms with Crippen molar-refractivity contribution in [1.82, 2.24) is 24.0 Å². The van der Waals surface area contributed by atoms with Gasteiger partial charge in [0.25, 0.3) is 5.91 Å². The van der Waals surface area contributed by atoms with Gasteiger partial charge in [-0.2, -0.15) is 10.1 Å². The quantitative estimate of drug-likeness (QED) is 0.501. The van der Waals surface area contributed by atoms with E-state index in [0.29, 0.717) is 18.1 Å². The van der Waals surface area contributed by atoms with E-state index < -0.39 is 11.7 Å². The second-order valence-corrected chi connectivity index (χ2v) is 9.49. The van der Waals surface area contributed by atoms with Crippen LogP contribution in [0.25, 0.3) is 11.3 Å². The van der Waals surface area contributed by atoms with Crippen LogP contribution in [0, 0.1) is 5.82 Å². The number of hydrogen-bond donors (Lipinski definition) is 1. The second-order valence-electron chi connectivity index (χ2n) is 9.49. The number of hydrogen-bond acceptors (Lipinski definition) is 6. The lowest BCUT2D eigenvalue weighted by Crippen LogP contribution is -2.45. The molecule has 33 heavy (non-hydrogen) atoms. The maximum atomic E-state index is 14.4. The molecular formula is C23H23FN6O3. The minimum Gasteiger partial charge on any atom is -0.473 e. The summed E-state index contributed by atoms with van der Waals surface area (Å²) in [6, 6.07) is 2.82. The normalized spacial score (nSPS) is 23.9. The average molecular weight is 450 g/mol. The number of fused-ring (bicyclic) bond motifs is 3. The Morgan fingerprint density at radius 1 is 1.30 bits per heavy atom. The van der Waals surface area contributed by atoms with Crippen LogP contribution in [0.2, 0.25) is 0 Å². The lowest BCUT2D eigenvalue weighted by Gasteiger charge is -2.41. The van der Waals surface area contributed by atoms with Crippen molar-refractivity contribution in [2.75, 3.05) is 11.9 Å². The molecule has 3 aliphatic rings. The number of carbonyl (C=O) groups is 1. The number of carbonyl (C=O) groups excluding carboxylic acids is 1. The van der Waals surface area contributed by atoms with Gasteiger partial charge < -0.3 is 14.8 Å². The van der Waals surface area contributed by atoms with E-state index in [-0.39, 0.29) is 34.1 Å². The molecule has 2 saturated heterocycles. The zero-order valence-corrected chi connectivity index (χ0v) is 18.5. The van der Waals surface area contributed by atoms with Crippen LogP contribution in [0.1, 0.15) is 49.7 Å². The van der Waals surface area contributed by atoms with E-state index in [4.69, 9.17) is 14.5 Å². The number of ether oxygens (including phenoxy) is 2. The fraction of sp³-hybridized carbons (Fsp3) is 0.391. The van der Waals surface area contributed by atoms with E-state index >= 15 is 0 Å². The van der Waals surface area contributed by atoms with E-state index in [0.717, 1.165) is 18.5 Å². The van der Waals surface area contributed by atoms with Crippen molar-refractivity contribution in [2.45, 2.75) is 50.7 Å². The maximum Gasteiger partial charge on any atom is 0.259 e. The van der Waals surface area contributed by atoms with Gasteiger partial charge in [-0.15, -0.1) is 0 Å². The van der Waals surface area contributed by atoms with Gasteiger partial charge in [0, 0.05) is 24.0 Å². The van der Waals surface area contributed by atoms with Crippen molar-refractivity contribution in [1.29, 1.82) is 0 Å². The molecule has 2 aliphatic heterocycles. The van der Waals surface area contributed by atoms with Gasteiger partial charge in [-0.25, -0.2) is 13.9 Å². The molecule has 1 amide bonds. The number of anilines is 1. The number of imidazole rings is 1. The van der Waals surface area contributed by atoms with Crippen LogP contribution in [-0.2, 0) is 10.2 Å². The fourth-order valence-electron chi connectivity index (χ4n) is 5.07. The number of halogens is 1. The first kappa shape index (κ1) is 20.1. The Hall–Kier alpha value is -3.53. The zero-order chi connectivity index (χ0) is 23.0. The van der Waals surface area contributed by atoms with Gasteiger partial charge in [-0.3, -0.25) is 9.20 Å². The number of rotatable bonds is 5. The number of pyridine rings is 1. The molecule has 0 aromatic carbocycles. The Kier molecular flexibility index (Phi) is 4.10. The summed E-state index contributed by atoms with van der Waals surface area (Å²) < 4.78 is 29.2. The molecule has 0 radical (unpaired) electrons. The number of aromatic nitrogens is 5. The zero-order valence-electron chi connectivity index (χ0n) is 18.5. The molecule has 4 aromatic rings. The van der Waals surface area contributed by atoms with E-state index in [1.165, 1.54) is 22.8 Å². The summed E-state index contributed by atoms with van der Waals surface area (Å²) in [5, 5.41) is 6.88. The molecule has 170 valence electrons. The number of amides is 1. The van der Waals surface area contributed by atoms with Crippen LogP contribution in [0.4, 0.5) is 10.1 Å². The molecule has 10 heteroatoms. The van der Waals surface area contributed by atoms with Gasteiger partial charge in [0.2, 0.25) is 11.7 Å². The van der Waals surface area contributed by atoms with Crippen LogP contribution in [0.5, 0.6) is 5.88 Å². The first-order valence-corrected chi connectivity index (χ1v) is 10.9. The molecule has 7 rings (SSSR count).